The van der Waals surface area contributed by atoms with Crippen molar-refractivity contribution in [2.24, 2.45) is 12.8 Å². The van der Waals surface area contributed by atoms with Gasteiger partial charge in [-0.2, -0.15) is 4.98 Å². The van der Waals surface area contributed by atoms with Crippen molar-refractivity contribution in [2.45, 2.75) is 38.9 Å². The molecule has 0 radical (unpaired) electrons. The van der Waals surface area contributed by atoms with Crippen LogP contribution in [0.2, 0.25) is 0 Å². The minimum atomic E-state index is -0.437. The van der Waals surface area contributed by atoms with Crippen molar-refractivity contribution in [1.29, 1.82) is 0 Å². The smallest absolute Gasteiger partial charge is 0.332 e. The number of imidazole rings is 2. The fourth-order valence-corrected chi connectivity index (χ4v) is 5.25. The van der Waals surface area contributed by atoms with Crippen LogP contribution in [0.25, 0.3) is 27.7 Å². The number of para-hydroxylation sites is 1. The molecular weight excluding hydrogens is 468 g/mol. The molecule has 0 aliphatic carbocycles. The zero-order valence-electron chi connectivity index (χ0n) is 20.9. The molecule has 5 heterocycles. The second kappa shape index (κ2) is 8.94. The molecule has 1 saturated heterocycles. The lowest BCUT2D eigenvalue weighted by Crippen LogP contribution is -2.44. The molecule has 0 spiro atoms. The first-order valence-electron chi connectivity index (χ1n) is 12.4. The summed E-state index contributed by atoms with van der Waals surface area (Å²) < 4.78 is 6.47. The number of nitrogens with zero attached hydrogens (tertiary/aromatic N) is 7. The Morgan fingerprint density at radius 1 is 1.11 bits per heavy atom. The average Bonchev–Trinajstić information content (AvgIpc) is 3.50. The van der Waals surface area contributed by atoms with Crippen molar-refractivity contribution in [3.8, 4) is 11.8 Å². The van der Waals surface area contributed by atoms with Gasteiger partial charge in [0, 0.05) is 32.4 Å². The van der Waals surface area contributed by atoms with Crippen LogP contribution in [0.3, 0.4) is 0 Å². The number of piperidine rings is 1. The lowest BCUT2D eigenvalue weighted by atomic mass is 10.1. The van der Waals surface area contributed by atoms with E-state index >= 15 is 0 Å². The van der Waals surface area contributed by atoms with Gasteiger partial charge in [-0.05, 0) is 43.4 Å². The molecule has 10 nitrogen and oxygen atoms in total. The second-order valence-corrected chi connectivity index (χ2v) is 9.53. The molecule has 6 rings (SSSR count). The van der Waals surface area contributed by atoms with Crippen LogP contribution < -0.4 is 21.9 Å². The minimum absolute atomic E-state index is 0.0332. The van der Waals surface area contributed by atoms with Gasteiger partial charge in [0.1, 0.15) is 5.65 Å². The van der Waals surface area contributed by atoms with Gasteiger partial charge in [0.05, 0.1) is 24.3 Å². The maximum Gasteiger partial charge on any atom is 0.332 e. The number of anilines is 1. The zero-order chi connectivity index (χ0) is 25.7. The number of hydrogen-bond donors (Lipinski definition) is 1. The zero-order valence-corrected chi connectivity index (χ0v) is 20.9. The predicted molar refractivity (Wildman–Crippen MR) is 144 cm³/mol. The molecule has 1 aliphatic rings. The Morgan fingerprint density at radius 3 is 2.76 bits per heavy atom. The van der Waals surface area contributed by atoms with E-state index in [1.807, 2.05) is 51.6 Å². The fraction of sp³-hybridized carbons (Fsp3) is 0.333. The Bertz CT molecular complexity index is 1850. The molecule has 1 aliphatic heterocycles. The number of fused-ring (bicyclic) bond motifs is 4. The van der Waals surface area contributed by atoms with Crippen LogP contribution in [-0.2, 0) is 20.1 Å². The monoisotopic (exact) mass is 496 g/mol. The second-order valence-electron chi connectivity index (χ2n) is 9.53. The van der Waals surface area contributed by atoms with Crippen molar-refractivity contribution in [3.05, 3.63) is 69.1 Å². The third-order valence-corrected chi connectivity index (χ3v) is 7.08. The van der Waals surface area contributed by atoms with E-state index in [0.29, 0.717) is 35.9 Å². The van der Waals surface area contributed by atoms with Crippen LogP contribution >= 0.6 is 0 Å². The highest BCUT2D eigenvalue weighted by Crippen LogP contribution is 2.23. The van der Waals surface area contributed by atoms with Crippen molar-refractivity contribution >= 4 is 33.7 Å². The van der Waals surface area contributed by atoms with E-state index in [-0.39, 0.29) is 12.6 Å². The molecule has 0 saturated carbocycles. The van der Waals surface area contributed by atoms with Crippen LogP contribution in [0.1, 0.15) is 25.5 Å². The lowest BCUT2D eigenvalue weighted by Gasteiger charge is -2.31. The first kappa shape index (κ1) is 23.1. The van der Waals surface area contributed by atoms with Crippen molar-refractivity contribution < 1.29 is 0 Å². The van der Waals surface area contributed by atoms with E-state index in [2.05, 4.69) is 16.7 Å². The molecule has 5 aromatic rings. The van der Waals surface area contributed by atoms with Gasteiger partial charge in [-0.1, -0.05) is 24.1 Å². The maximum atomic E-state index is 13.8. The van der Waals surface area contributed by atoms with Gasteiger partial charge >= 0.3 is 5.69 Å². The topological polar surface area (TPSA) is 108 Å². The van der Waals surface area contributed by atoms with Gasteiger partial charge in [0.2, 0.25) is 5.95 Å². The third-order valence-electron chi connectivity index (χ3n) is 7.08. The van der Waals surface area contributed by atoms with Gasteiger partial charge in [-0.15, -0.1) is 5.92 Å². The summed E-state index contributed by atoms with van der Waals surface area (Å²) in [6.45, 7) is 3.53. The van der Waals surface area contributed by atoms with E-state index in [1.54, 1.807) is 14.0 Å². The van der Waals surface area contributed by atoms with E-state index in [1.165, 1.54) is 9.13 Å². The largest absolute Gasteiger partial charge is 0.341 e. The molecule has 0 bridgehead atoms. The normalized spacial score (nSPS) is 16.0. The molecule has 2 N–H and O–H groups in total. The fourth-order valence-electron chi connectivity index (χ4n) is 5.25. The third kappa shape index (κ3) is 3.79. The van der Waals surface area contributed by atoms with Gasteiger partial charge < -0.3 is 10.6 Å². The Hall–Kier alpha value is -4.36. The molecule has 1 unspecified atom stereocenters. The number of aromatic nitrogens is 6. The summed E-state index contributed by atoms with van der Waals surface area (Å²) in [6, 6.07) is 12.0. The maximum absolute atomic E-state index is 13.8. The van der Waals surface area contributed by atoms with Crippen LogP contribution in [0, 0.1) is 11.8 Å². The molecule has 37 heavy (non-hydrogen) atoms. The summed E-state index contributed by atoms with van der Waals surface area (Å²) >= 11 is 0. The quantitative estimate of drug-likeness (QED) is 0.380. The average molecular weight is 497 g/mol. The van der Waals surface area contributed by atoms with E-state index in [9.17, 15) is 9.59 Å². The number of hydrogen-bond acceptors (Lipinski definition) is 6. The van der Waals surface area contributed by atoms with E-state index < -0.39 is 11.2 Å². The van der Waals surface area contributed by atoms with Gasteiger partial charge in [0.25, 0.3) is 5.56 Å². The molecule has 1 atom stereocenters. The molecule has 10 heteroatoms. The summed E-state index contributed by atoms with van der Waals surface area (Å²) in [6.07, 6.45) is 3.77. The van der Waals surface area contributed by atoms with Crippen molar-refractivity contribution in [3.63, 3.8) is 0 Å². The highest BCUT2D eigenvalue weighted by molar-refractivity contribution is 5.82. The van der Waals surface area contributed by atoms with Gasteiger partial charge in [-0.3, -0.25) is 22.9 Å². The Morgan fingerprint density at radius 2 is 1.95 bits per heavy atom. The number of nitrogens with two attached hydrogens (primary N) is 1. The highest BCUT2D eigenvalue weighted by atomic mass is 16.2. The van der Waals surface area contributed by atoms with E-state index in [0.717, 1.165) is 35.9 Å². The van der Waals surface area contributed by atoms with Crippen molar-refractivity contribution in [1.82, 2.24) is 28.1 Å². The SMILES string of the molecule is CC#CCn1c(N2CCCC(N)C2)nc2c1c(=O)n(Cc1cn3c(ccc4ccccc43)n1)c(=O)n2C. The molecule has 0 amide bonds. The van der Waals surface area contributed by atoms with Gasteiger partial charge in [0.15, 0.2) is 11.2 Å². The molecule has 4 aromatic heterocycles. The van der Waals surface area contributed by atoms with Crippen LogP contribution in [-0.4, -0.2) is 47.2 Å². The minimum Gasteiger partial charge on any atom is -0.341 e. The summed E-state index contributed by atoms with van der Waals surface area (Å²) in [5.41, 5.74) is 8.48. The molecule has 188 valence electrons. The Balaban J connectivity index is 1.51. The first-order chi connectivity index (χ1) is 18.0. The highest BCUT2D eigenvalue weighted by Gasteiger charge is 2.26. The van der Waals surface area contributed by atoms with Crippen LogP contribution in [0.5, 0.6) is 0 Å². The summed E-state index contributed by atoms with van der Waals surface area (Å²) in [4.78, 5) is 38.8. The number of benzene rings is 1. The summed E-state index contributed by atoms with van der Waals surface area (Å²) in [7, 11) is 1.65. The lowest BCUT2D eigenvalue weighted by molar-refractivity contribution is 0.496. The Kier molecular flexibility index (Phi) is 5.57. The van der Waals surface area contributed by atoms with E-state index in [4.69, 9.17) is 15.7 Å². The van der Waals surface area contributed by atoms with Gasteiger partial charge in [-0.25, -0.2) is 9.78 Å². The molecule has 1 fully saturated rings. The number of rotatable bonds is 4. The first-order valence-corrected chi connectivity index (χ1v) is 12.4. The van der Waals surface area contributed by atoms with Crippen molar-refractivity contribution in [2.75, 3.05) is 18.0 Å². The van der Waals surface area contributed by atoms with Crippen LogP contribution in [0.4, 0.5) is 5.95 Å². The summed E-state index contributed by atoms with van der Waals surface area (Å²) in [5, 5.41) is 1.08. The number of aryl methyl sites for hydroxylation is 1. The van der Waals surface area contributed by atoms with Crippen LogP contribution in [0.15, 0.2) is 52.2 Å². The molecular formula is C27H28N8O2. The summed E-state index contributed by atoms with van der Waals surface area (Å²) in [5.74, 6) is 6.59. The standard InChI is InChI=1S/C27H28N8O2/c1-3-4-14-33-23-24(30-26(33)32-13-7-9-19(28)15-32)31(2)27(37)35(25(23)36)17-20-16-34-21-10-6-5-8-18(21)11-12-22(34)29-20/h5-6,8,10-12,16,19H,7,9,13-15,17,28H2,1-2H3. The number of pyridine rings is 1. The predicted octanol–water partition coefficient (Wildman–Crippen LogP) is 1.70. The Labute approximate surface area is 212 Å². The molecule has 1 aromatic carbocycles.